The number of rotatable bonds is 6. The van der Waals surface area contributed by atoms with Crippen molar-refractivity contribution in [1.29, 1.82) is 0 Å². The van der Waals surface area contributed by atoms with Crippen molar-refractivity contribution in [2.45, 2.75) is 19.6 Å². The highest BCUT2D eigenvalue weighted by molar-refractivity contribution is 5.56. The first-order chi connectivity index (χ1) is 8.93. The third-order valence-corrected chi connectivity index (χ3v) is 2.84. The monoisotopic (exact) mass is 276 g/mol. The van der Waals surface area contributed by atoms with E-state index in [0.717, 1.165) is 6.07 Å². The SMILES string of the molecule is CCN(CCO)c1ccc(CNC)cc1C(F)(F)F. The van der Waals surface area contributed by atoms with Crippen molar-refractivity contribution in [3.05, 3.63) is 29.3 Å². The fraction of sp³-hybridized carbons (Fsp3) is 0.538. The molecule has 1 rings (SSSR count). The molecule has 0 bridgehead atoms. The molecule has 1 aromatic rings. The Balaban J connectivity index is 3.22. The predicted molar refractivity (Wildman–Crippen MR) is 69.2 cm³/mol. The molecule has 2 N–H and O–H groups in total. The number of nitrogens with one attached hydrogen (secondary N) is 1. The third kappa shape index (κ3) is 4.11. The molecule has 3 nitrogen and oxygen atoms in total. The molecule has 0 radical (unpaired) electrons. The summed E-state index contributed by atoms with van der Waals surface area (Å²) in [7, 11) is 1.69. The lowest BCUT2D eigenvalue weighted by molar-refractivity contribution is -0.137. The Bertz CT molecular complexity index is 407. The van der Waals surface area contributed by atoms with Gasteiger partial charge in [0, 0.05) is 25.3 Å². The van der Waals surface area contributed by atoms with E-state index in [2.05, 4.69) is 5.32 Å². The van der Waals surface area contributed by atoms with Gasteiger partial charge in [-0.15, -0.1) is 0 Å². The Morgan fingerprint density at radius 1 is 1.32 bits per heavy atom. The number of anilines is 1. The van der Waals surface area contributed by atoms with Crippen LogP contribution >= 0.6 is 0 Å². The lowest BCUT2D eigenvalue weighted by Gasteiger charge is -2.26. The van der Waals surface area contributed by atoms with Gasteiger partial charge in [-0.1, -0.05) is 6.07 Å². The van der Waals surface area contributed by atoms with Crippen molar-refractivity contribution < 1.29 is 18.3 Å². The normalized spacial score (nSPS) is 11.7. The Morgan fingerprint density at radius 2 is 2.00 bits per heavy atom. The van der Waals surface area contributed by atoms with Crippen molar-refractivity contribution >= 4 is 5.69 Å². The summed E-state index contributed by atoms with van der Waals surface area (Å²) >= 11 is 0. The second-order valence-electron chi connectivity index (χ2n) is 4.18. The smallest absolute Gasteiger partial charge is 0.395 e. The highest BCUT2D eigenvalue weighted by Crippen LogP contribution is 2.37. The van der Waals surface area contributed by atoms with Crippen molar-refractivity contribution in [2.24, 2.45) is 0 Å². The highest BCUT2D eigenvalue weighted by atomic mass is 19.4. The minimum Gasteiger partial charge on any atom is -0.395 e. The van der Waals surface area contributed by atoms with Crippen LogP contribution in [0, 0.1) is 0 Å². The maximum absolute atomic E-state index is 13.1. The van der Waals surface area contributed by atoms with Gasteiger partial charge in [0.15, 0.2) is 0 Å². The Labute approximate surface area is 111 Å². The number of benzene rings is 1. The Morgan fingerprint density at radius 3 is 2.47 bits per heavy atom. The van der Waals surface area contributed by atoms with Gasteiger partial charge in [0.1, 0.15) is 0 Å². The van der Waals surface area contributed by atoms with Gasteiger partial charge in [0.05, 0.1) is 12.2 Å². The number of nitrogens with zero attached hydrogens (tertiary/aromatic N) is 1. The Hall–Kier alpha value is -1.27. The second-order valence-corrected chi connectivity index (χ2v) is 4.18. The van der Waals surface area contributed by atoms with Crippen LogP contribution in [0.15, 0.2) is 18.2 Å². The third-order valence-electron chi connectivity index (χ3n) is 2.84. The summed E-state index contributed by atoms with van der Waals surface area (Å²) in [6.45, 7) is 2.57. The molecule has 0 atom stereocenters. The molecule has 0 aliphatic heterocycles. The number of aliphatic hydroxyl groups is 1. The molecule has 0 fully saturated rings. The van der Waals surface area contributed by atoms with Crippen LogP contribution in [0.2, 0.25) is 0 Å². The quantitative estimate of drug-likeness (QED) is 0.836. The minimum atomic E-state index is -4.40. The molecule has 108 valence electrons. The number of hydrogen-bond acceptors (Lipinski definition) is 3. The molecule has 6 heteroatoms. The number of aliphatic hydroxyl groups excluding tert-OH is 1. The number of halogens is 3. The van der Waals surface area contributed by atoms with E-state index in [4.69, 9.17) is 5.11 Å². The van der Waals surface area contributed by atoms with Crippen LogP contribution in [-0.4, -0.2) is 31.9 Å². The topological polar surface area (TPSA) is 35.5 Å². The largest absolute Gasteiger partial charge is 0.418 e. The van der Waals surface area contributed by atoms with Crippen LogP contribution < -0.4 is 10.2 Å². The molecule has 1 aromatic carbocycles. The molecule has 19 heavy (non-hydrogen) atoms. The first-order valence-corrected chi connectivity index (χ1v) is 6.14. The molecular formula is C13H19F3N2O. The number of alkyl halides is 3. The molecule has 0 saturated heterocycles. The molecule has 0 aliphatic rings. The lowest BCUT2D eigenvalue weighted by Crippen LogP contribution is -2.28. The summed E-state index contributed by atoms with van der Waals surface area (Å²) in [5, 5.41) is 11.8. The molecular weight excluding hydrogens is 257 g/mol. The van der Waals surface area contributed by atoms with Crippen LogP contribution in [0.4, 0.5) is 18.9 Å². The molecule has 0 amide bonds. The van der Waals surface area contributed by atoms with Gasteiger partial charge in [-0.05, 0) is 31.7 Å². The first kappa shape index (κ1) is 15.8. The van der Waals surface area contributed by atoms with E-state index in [1.165, 1.54) is 11.0 Å². The van der Waals surface area contributed by atoms with Crippen molar-refractivity contribution in [3.63, 3.8) is 0 Å². The summed E-state index contributed by atoms with van der Waals surface area (Å²) in [6, 6.07) is 4.29. The zero-order valence-electron chi connectivity index (χ0n) is 11.1. The van der Waals surface area contributed by atoms with E-state index < -0.39 is 11.7 Å². The van der Waals surface area contributed by atoms with Crippen molar-refractivity contribution in [3.8, 4) is 0 Å². The first-order valence-electron chi connectivity index (χ1n) is 6.14. The zero-order chi connectivity index (χ0) is 14.5. The van der Waals surface area contributed by atoms with Gasteiger partial charge in [-0.2, -0.15) is 13.2 Å². The van der Waals surface area contributed by atoms with E-state index in [0.29, 0.717) is 18.7 Å². The van der Waals surface area contributed by atoms with E-state index in [1.807, 2.05) is 0 Å². The molecule has 0 aromatic heterocycles. The van der Waals surface area contributed by atoms with Crippen molar-refractivity contribution in [1.82, 2.24) is 5.32 Å². The van der Waals surface area contributed by atoms with Crippen LogP contribution in [0.25, 0.3) is 0 Å². The fourth-order valence-electron chi connectivity index (χ4n) is 1.97. The van der Waals surface area contributed by atoms with Gasteiger partial charge >= 0.3 is 6.18 Å². The van der Waals surface area contributed by atoms with Gasteiger partial charge in [0.25, 0.3) is 0 Å². The van der Waals surface area contributed by atoms with E-state index in [9.17, 15) is 13.2 Å². The van der Waals surface area contributed by atoms with E-state index in [1.54, 1.807) is 20.0 Å². The molecule has 0 heterocycles. The highest BCUT2D eigenvalue weighted by Gasteiger charge is 2.34. The van der Waals surface area contributed by atoms with Crippen LogP contribution in [0.5, 0.6) is 0 Å². The lowest BCUT2D eigenvalue weighted by atomic mass is 10.1. The fourth-order valence-corrected chi connectivity index (χ4v) is 1.97. The maximum atomic E-state index is 13.1. The summed E-state index contributed by atoms with van der Waals surface area (Å²) in [5.41, 5.74) is 0.0399. The van der Waals surface area contributed by atoms with Crippen molar-refractivity contribution in [2.75, 3.05) is 31.6 Å². The van der Waals surface area contributed by atoms with Crippen LogP contribution in [-0.2, 0) is 12.7 Å². The second kappa shape index (κ2) is 6.77. The van der Waals surface area contributed by atoms with E-state index >= 15 is 0 Å². The van der Waals surface area contributed by atoms with Gasteiger partial charge < -0.3 is 15.3 Å². The maximum Gasteiger partial charge on any atom is 0.418 e. The molecule has 0 saturated carbocycles. The molecule has 0 unspecified atom stereocenters. The minimum absolute atomic E-state index is 0.115. The Kier molecular flexibility index (Phi) is 5.62. The average Bonchev–Trinajstić information content (AvgIpc) is 2.35. The standard InChI is InChI=1S/C13H19F3N2O/c1-3-18(6-7-19)12-5-4-10(9-17-2)8-11(12)13(14,15)16/h4-5,8,17,19H,3,6-7,9H2,1-2H3. The summed E-state index contributed by atoms with van der Waals surface area (Å²) < 4.78 is 39.3. The summed E-state index contributed by atoms with van der Waals surface area (Å²) in [4.78, 5) is 1.52. The summed E-state index contributed by atoms with van der Waals surface area (Å²) in [6.07, 6.45) is -4.40. The van der Waals surface area contributed by atoms with Crippen LogP contribution in [0.1, 0.15) is 18.1 Å². The predicted octanol–water partition coefficient (Wildman–Crippen LogP) is 2.24. The summed E-state index contributed by atoms with van der Waals surface area (Å²) in [5.74, 6) is 0. The van der Waals surface area contributed by atoms with E-state index in [-0.39, 0.29) is 18.8 Å². The van der Waals surface area contributed by atoms with Gasteiger partial charge in [0.2, 0.25) is 0 Å². The van der Waals surface area contributed by atoms with Gasteiger partial charge in [-0.3, -0.25) is 0 Å². The van der Waals surface area contributed by atoms with Crippen LogP contribution in [0.3, 0.4) is 0 Å². The van der Waals surface area contributed by atoms with Gasteiger partial charge in [-0.25, -0.2) is 0 Å². The molecule has 0 aliphatic carbocycles. The average molecular weight is 276 g/mol. The molecule has 0 spiro atoms. The zero-order valence-corrected chi connectivity index (χ0v) is 11.1. The number of likely N-dealkylation sites (N-methyl/N-ethyl adjacent to an activating group) is 1. The number of hydrogen-bond donors (Lipinski definition) is 2.